The van der Waals surface area contributed by atoms with E-state index in [0.29, 0.717) is 38.7 Å². The Balaban J connectivity index is 1.33. The second-order valence-electron chi connectivity index (χ2n) is 9.22. The van der Waals surface area contributed by atoms with Gasteiger partial charge in [0.05, 0.1) is 25.9 Å². The highest BCUT2D eigenvalue weighted by atomic mass is 32.1. The molecule has 11 heteroatoms. The number of carbonyl (C=O) groups is 3. The third kappa shape index (κ3) is 5.04. The minimum atomic E-state index is -0.849. The molecule has 9 nitrogen and oxygen atoms in total. The molecule has 0 aromatic carbocycles. The molecule has 1 N–H and O–H groups in total. The zero-order valence-corrected chi connectivity index (χ0v) is 21.4. The molecule has 188 valence electrons. The predicted octanol–water partition coefficient (Wildman–Crippen LogP) is 3.57. The van der Waals surface area contributed by atoms with Crippen LogP contribution in [0.15, 0.2) is 47.5 Å². The van der Waals surface area contributed by atoms with Crippen molar-refractivity contribution in [3.05, 3.63) is 63.0 Å². The number of ketones is 1. The van der Waals surface area contributed by atoms with Crippen LogP contribution < -0.4 is 5.32 Å². The van der Waals surface area contributed by atoms with Gasteiger partial charge in [-0.3, -0.25) is 9.78 Å². The van der Waals surface area contributed by atoms with Crippen molar-refractivity contribution in [3.63, 3.8) is 0 Å². The lowest BCUT2D eigenvalue weighted by Gasteiger charge is -2.51. The topological polar surface area (TPSA) is 107 Å². The molecule has 3 saturated heterocycles. The van der Waals surface area contributed by atoms with Gasteiger partial charge in [0.25, 0.3) is 0 Å². The minimum absolute atomic E-state index is 0.0399. The summed E-state index contributed by atoms with van der Waals surface area (Å²) in [5.74, 6) is -0.601. The summed E-state index contributed by atoms with van der Waals surface area (Å²) in [4.78, 5) is 47.3. The van der Waals surface area contributed by atoms with Crippen molar-refractivity contribution in [1.29, 1.82) is 0 Å². The van der Waals surface area contributed by atoms with Gasteiger partial charge in [-0.25, -0.2) is 14.6 Å². The number of quaternary nitrogens is 1. The van der Waals surface area contributed by atoms with Gasteiger partial charge in [0.15, 0.2) is 17.2 Å². The lowest BCUT2D eigenvalue weighted by Crippen LogP contribution is -2.65. The third-order valence-corrected chi connectivity index (χ3v) is 8.76. The number of piperidine rings is 3. The quantitative estimate of drug-likeness (QED) is 0.256. The van der Waals surface area contributed by atoms with Gasteiger partial charge in [0, 0.05) is 48.3 Å². The highest BCUT2D eigenvalue weighted by Crippen LogP contribution is 2.37. The monoisotopic (exact) mass is 527 g/mol. The molecule has 0 aliphatic carbocycles. The predicted molar refractivity (Wildman–Crippen MR) is 135 cm³/mol. The number of esters is 2. The molecule has 36 heavy (non-hydrogen) atoms. The second kappa shape index (κ2) is 10.5. The number of aromatic nitrogens is 2. The number of carbonyl (C=O) groups excluding carboxylic acids is 3. The van der Waals surface area contributed by atoms with E-state index >= 15 is 0 Å². The number of pyridine rings is 1. The summed E-state index contributed by atoms with van der Waals surface area (Å²) in [7, 11) is 1.32. The molecule has 0 radical (unpaired) electrons. The van der Waals surface area contributed by atoms with E-state index in [9.17, 15) is 14.4 Å². The number of fused-ring (bicyclic) bond motifs is 3. The molecule has 3 aliphatic rings. The Morgan fingerprint density at radius 1 is 1.17 bits per heavy atom. The van der Waals surface area contributed by atoms with Crippen LogP contribution in [-0.2, 0) is 14.3 Å². The fraction of sp³-hybridized carbons (Fsp3) is 0.400. The normalized spacial score (nSPS) is 23.6. The van der Waals surface area contributed by atoms with E-state index in [-0.39, 0.29) is 17.8 Å². The molecule has 2 bridgehead atoms. The van der Waals surface area contributed by atoms with Crippen molar-refractivity contribution in [3.8, 4) is 0 Å². The number of methoxy groups -OCH3 is 1. The third-order valence-electron chi connectivity index (χ3n) is 7.05. The number of thiophene rings is 1. The number of nitrogens with one attached hydrogen (secondary N) is 1. The van der Waals surface area contributed by atoms with Crippen LogP contribution in [0.2, 0.25) is 0 Å². The zero-order chi connectivity index (χ0) is 25.1. The van der Waals surface area contributed by atoms with Gasteiger partial charge in [-0.2, -0.15) is 0 Å². The summed E-state index contributed by atoms with van der Waals surface area (Å²) in [5, 5.41) is 7.29. The van der Waals surface area contributed by atoms with Gasteiger partial charge < -0.3 is 19.3 Å². The summed E-state index contributed by atoms with van der Waals surface area (Å²) in [6, 6.07) is 4.45. The highest BCUT2D eigenvalue weighted by Gasteiger charge is 2.49. The van der Waals surface area contributed by atoms with Gasteiger partial charge in [0.2, 0.25) is 5.78 Å². The van der Waals surface area contributed by atoms with Gasteiger partial charge in [-0.05, 0) is 17.5 Å². The van der Waals surface area contributed by atoms with Crippen LogP contribution in [0.5, 0.6) is 0 Å². The molecule has 2 atom stereocenters. The van der Waals surface area contributed by atoms with E-state index in [4.69, 9.17) is 9.47 Å². The van der Waals surface area contributed by atoms with Crippen LogP contribution in [0.3, 0.4) is 0 Å². The van der Waals surface area contributed by atoms with Gasteiger partial charge >= 0.3 is 11.9 Å². The zero-order valence-electron chi connectivity index (χ0n) is 19.8. The fourth-order valence-electron chi connectivity index (χ4n) is 5.18. The Morgan fingerprint density at radius 3 is 2.69 bits per heavy atom. The number of Topliss-reactive ketones (excluding diaryl/α,β-unsaturated/α-hetero) is 1. The van der Waals surface area contributed by atoms with E-state index in [1.807, 2.05) is 5.38 Å². The molecule has 0 amide bonds. The number of hydrogen-bond donors (Lipinski definition) is 1. The van der Waals surface area contributed by atoms with Crippen molar-refractivity contribution in [2.75, 3.05) is 38.6 Å². The van der Waals surface area contributed by atoms with E-state index in [1.165, 1.54) is 29.8 Å². The summed E-state index contributed by atoms with van der Waals surface area (Å²) >= 11 is 2.60. The Labute approximate surface area is 216 Å². The summed E-state index contributed by atoms with van der Waals surface area (Å²) in [5.41, 5.74) is 1.14. The first-order valence-electron chi connectivity index (χ1n) is 11.8. The lowest BCUT2D eigenvalue weighted by molar-refractivity contribution is -0.938. The van der Waals surface area contributed by atoms with Gasteiger partial charge in [-0.15, -0.1) is 22.7 Å². The molecule has 3 aliphatic heterocycles. The largest absolute Gasteiger partial charge is 0.465 e. The van der Waals surface area contributed by atoms with Crippen molar-refractivity contribution in [1.82, 2.24) is 9.97 Å². The standard InChI is InChI=1S/C25H26N4O5S2/c1-33-25(32)22-18(6-11-35-22)28-21(17-3-2-7-26-13-17)24(31)34-20-15-29(9-4-16(20)5-10-29)14-19(30)23-27-8-12-36-23/h2-3,6-8,11-13,16,20-21H,4-5,9-10,14-15H2,1H3/p+1. The summed E-state index contributed by atoms with van der Waals surface area (Å²) in [6.45, 7) is 2.78. The van der Waals surface area contributed by atoms with Crippen LogP contribution >= 0.6 is 22.7 Å². The molecule has 6 rings (SSSR count). The second-order valence-corrected chi connectivity index (χ2v) is 11.0. The lowest BCUT2D eigenvalue weighted by atomic mass is 9.83. The van der Waals surface area contributed by atoms with E-state index in [2.05, 4.69) is 15.3 Å². The van der Waals surface area contributed by atoms with Crippen LogP contribution in [0.4, 0.5) is 5.69 Å². The molecule has 3 aromatic rings. The summed E-state index contributed by atoms with van der Waals surface area (Å²) < 4.78 is 11.6. The molecule has 3 aromatic heterocycles. The van der Waals surface area contributed by atoms with Crippen LogP contribution in [0.25, 0.3) is 0 Å². The van der Waals surface area contributed by atoms with Crippen LogP contribution in [0, 0.1) is 5.92 Å². The number of thiazole rings is 1. The fourth-order valence-corrected chi connectivity index (χ4v) is 6.52. The molecule has 0 spiro atoms. The van der Waals surface area contributed by atoms with Crippen LogP contribution in [-0.4, -0.2) is 71.6 Å². The van der Waals surface area contributed by atoms with Crippen LogP contribution in [0.1, 0.15) is 43.9 Å². The maximum Gasteiger partial charge on any atom is 0.350 e. The Morgan fingerprint density at radius 2 is 2.00 bits per heavy atom. The van der Waals surface area contributed by atoms with Crippen molar-refractivity contribution in [2.24, 2.45) is 5.92 Å². The Hall–Kier alpha value is -3.15. The number of anilines is 1. The van der Waals surface area contributed by atoms with Gasteiger partial charge in [-0.1, -0.05) is 6.07 Å². The maximum atomic E-state index is 13.6. The number of hydrogen-bond acceptors (Lipinski definition) is 10. The molecular formula is C25H27N4O5S2+. The van der Waals surface area contributed by atoms with Gasteiger partial charge in [0.1, 0.15) is 18.0 Å². The average Bonchev–Trinajstić information content (AvgIpc) is 3.60. The maximum absolute atomic E-state index is 13.6. The number of nitrogens with zero attached hydrogens (tertiary/aromatic N) is 3. The Bertz CT molecular complexity index is 1220. The number of rotatable bonds is 9. The summed E-state index contributed by atoms with van der Waals surface area (Å²) in [6.07, 6.45) is 6.43. The molecule has 6 heterocycles. The Kier molecular flexibility index (Phi) is 7.13. The van der Waals surface area contributed by atoms with Crippen molar-refractivity contribution in [2.45, 2.75) is 25.0 Å². The molecule has 3 fully saturated rings. The molecular weight excluding hydrogens is 500 g/mol. The molecule has 0 saturated carbocycles. The first-order valence-corrected chi connectivity index (χ1v) is 13.5. The molecule has 2 unspecified atom stereocenters. The highest BCUT2D eigenvalue weighted by molar-refractivity contribution is 7.12. The van der Waals surface area contributed by atoms with E-state index in [0.717, 1.165) is 25.9 Å². The minimum Gasteiger partial charge on any atom is -0.465 e. The van der Waals surface area contributed by atoms with E-state index in [1.54, 1.807) is 42.2 Å². The van der Waals surface area contributed by atoms with Crippen molar-refractivity contribution >= 4 is 46.1 Å². The van der Waals surface area contributed by atoms with Crippen molar-refractivity contribution < 1.29 is 28.3 Å². The van der Waals surface area contributed by atoms with E-state index < -0.39 is 18.0 Å². The smallest absolute Gasteiger partial charge is 0.350 e. The average molecular weight is 528 g/mol. The first-order chi connectivity index (χ1) is 17.5. The number of ether oxygens (including phenoxy) is 2. The first kappa shape index (κ1) is 24.5. The SMILES string of the molecule is COC(=O)c1sccc1NC(C(=O)OC1C[N+]2(CC(=O)c3nccs3)CCC1CC2)c1cccnc1.